The Morgan fingerprint density at radius 2 is 1.89 bits per heavy atom. The smallest absolute Gasteiger partial charge is 0.329 e. The van der Waals surface area contributed by atoms with E-state index in [2.05, 4.69) is 30.9 Å². The average Bonchev–Trinajstić information content (AvgIpc) is 2.26. The van der Waals surface area contributed by atoms with Gasteiger partial charge in [0.25, 0.3) is 0 Å². The first-order chi connectivity index (χ1) is 9.02. The maximum atomic E-state index is 5.80. The number of aromatic nitrogens is 3. The molecule has 0 bridgehead atoms. The summed E-state index contributed by atoms with van der Waals surface area (Å²) in [5.41, 5.74) is 0. The first-order valence-corrected chi connectivity index (χ1v) is 6.71. The molecule has 100 valence electrons. The van der Waals surface area contributed by atoms with Crippen LogP contribution in [0.1, 0.15) is 13.8 Å². The van der Waals surface area contributed by atoms with Crippen molar-refractivity contribution in [2.45, 2.75) is 20.0 Å². The maximum absolute atomic E-state index is 5.80. The molecule has 7 heteroatoms. The molecule has 0 atom stereocenters. The zero-order valence-electron chi connectivity index (χ0n) is 10.3. The number of ether oxygens (including phenoxy) is 2. The molecule has 0 aliphatic heterocycles. The lowest BCUT2D eigenvalue weighted by Gasteiger charge is -2.09. The molecular weight excluding hydrogens is 334 g/mol. The molecule has 0 aliphatic carbocycles. The highest BCUT2D eigenvalue weighted by Gasteiger charge is 2.09. The predicted molar refractivity (Wildman–Crippen MR) is 74.8 cm³/mol. The van der Waals surface area contributed by atoms with Gasteiger partial charge in [-0.15, -0.1) is 4.98 Å². The average molecular weight is 345 g/mol. The zero-order valence-corrected chi connectivity index (χ0v) is 12.6. The van der Waals surface area contributed by atoms with E-state index in [0.717, 1.165) is 4.47 Å². The minimum Gasteiger partial charge on any atom is -0.461 e. The van der Waals surface area contributed by atoms with Crippen LogP contribution in [-0.4, -0.2) is 21.1 Å². The second kappa shape index (κ2) is 6.16. The van der Waals surface area contributed by atoms with Crippen LogP contribution in [0.2, 0.25) is 5.28 Å². The number of hydrogen-bond acceptors (Lipinski definition) is 5. The van der Waals surface area contributed by atoms with Crippen molar-refractivity contribution in [3.05, 3.63) is 34.0 Å². The lowest BCUT2D eigenvalue weighted by atomic mass is 10.3. The summed E-state index contributed by atoms with van der Waals surface area (Å²) in [7, 11) is 0. The van der Waals surface area contributed by atoms with Gasteiger partial charge < -0.3 is 9.47 Å². The fraction of sp³-hybridized carbons (Fsp3) is 0.250. The molecule has 0 fully saturated rings. The van der Waals surface area contributed by atoms with Gasteiger partial charge in [0, 0.05) is 4.47 Å². The molecule has 1 aromatic heterocycles. The van der Waals surface area contributed by atoms with Gasteiger partial charge in [-0.25, -0.2) is 0 Å². The van der Waals surface area contributed by atoms with E-state index in [0.29, 0.717) is 5.75 Å². The van der Waals surface area contributed by atoms with Gasteiger partial charge in [0.15, 0.2) is 0 Å². The molecule has 0 saturated heterocycles. The minimum absolute atomic E-state index is 0.0237. The monoisotopic (exact) mass is 343 g/mol. The third kappa shape index (κ3) is 4.33. The van der Waals surface area contributed by atoms with Crippen molar-refractivity contribution < 1.29 is 9.47 Å². The molecule has 0 amide bonds. The van der Waals surface area contributed by atoms with Crippen molar-refractivity contribution in [3.8, 4) is 17.8 Å². The van der Waals surface area contributed by atoms with Gasteiger partial charge in [0.2, 0.25) is 5.28 Å². The number of rotatable bonds is 4. The SMILES string of the molecule is CC(C)Oc1nc(Cl)nc(Oc2cccc(Br)c2)n1. The van der Waals surface area contributed by atoms with Crippen LogP contribution >= 0.6 is 27.5 Å². The Kier molecular flexibility index (Phi) is 4.55. The van der Waals surface area contributed by atoms with Gasteiger partial charge in [0.05, 0.1) is 6.10 Å². The Morgan fingerprint density at radius 1 is 1.16 bits per heavy atom. The van der Waals surface area contributed by atoms with E-state index in [1.165, 1.54) is 0 Å². The van der Waals surface area contributed by atoms with Crippen molar-refractivity contribution in [1.29, 1.82) is 0 Å². The Bertz CT molecular complexity index is 581. The highest BCUT2D eigenvalue weighted by molar-refractivity contribution is 9.10. The molecule has 5 nitrogen and oxygen atoms in total. The van der Waals surface area contributed by atoms with E-state index in [1.807, 2.05) is 26.0 Å². The fourth-order valence-electron chi connectivity index (χ4n) is 1.26. The van der Waals surface area contributed by atoms with Gasteiger partial charge in [-0.1, -0.05) is 22.0 Å². The lowest BCUT2D eigenvalue weighted by Crippen LogP contribution is -2.09. The van der Waals surface area contributed by atoms with Crippen molar-refractivity contribution in [2.24, 2.45) is 0 Å². The van der Waals surface area contributed by atoms with Crippen LogP contribution in [0.4, 0.5) is 0 Å². The summed E-state index contributed by atoms with van der Waals surface area (Å²) in [4.78, 5) is 11.8. The van der Waals surface area contributed by atoms with Crippen LogP contribution in [0.15, 0.2) is 28.7 Å². The topological polar surface area (TPSA) is 57.1 Å². The van der Waals surface area contributed by atoms with Crippen molar-refractivity contribution in [3.63, 3.8) is 0 Å². The van der Waals surface area contributed by atoms with E-state index in [4.69, 9.17) is 21.1 Å². The Balaban J connectivity index is 2.22. The highest BCUT2D eigenvalue weighted by Crippen LogP contribution is 2.23. The number of hydrogen-bond donors (Lipinski definition) is 0. The second-order valence-electron chi connectivity index (χ2n) is 3.90. The maximum Gasteiger partial charge on any atom is 0.329 e. The molecule has 19 heavy (non-hydrogen) atoms. The summed E-state index contributed by atoms with van der Waals surface area (Å²) >= 11 is 9.15. The predicted octanol–water partition coefficient (Wildman–Crippen LogP) is 3.87. The van der Waals surface area contributed by atoms with Crippen LogP contribution in [0.3, 0.4) is 0 Å². The Labute approximate surface area is 124 Å². The van der Waals surface area contributed by atoms with E-state index < -0.39 is 0 Å². The normalized spacial score (nSPS) is 10.6. The van der Waals surface area contributed by atoms with Gasteiger partial charge in [-0.05, 0) is 43.6 Å². The Morgan fingerprint density at radius 3 is 2.58 bits per heavy atom. The molecule has 0 unspecified atom stereocenters. The summed E-state index contributed by atoms with van der Waals surface area (Å²) in [5.74, 6) is 0.590. The molecular formula is C12H11BrClN3O2. The fourth-order valence-corrected chi connectivity index (χ4v) is 1.78. The van der Waals surface area contributed by atoms with Gasteiger partial charge in [0.1, 0.15) is 5.75 Å². The lowest BCUT2D eigenvalue weighted by molar-refractivity contribution is 0.218. The number of benzene rings is 1. The van der Waals surface area contributed by atoms with Gasteiger partial charge in [-0.3, -0.25) is 0 Å². The van der Waals surface area contributed by atoms with E-state index >= 15 is 0 Å². The van der Waals surface area contributed by atoms with Crippen molar-refractivity contribution >= 4 is 27.5 Å². The van der Waals surface area contributed by atoms with Crippen LogP contribution in [0.5, 0.6) is 17.8 Å². The molecule has 1 heterocycles. The molecule has 1 aromatic carbocycles. The molecule has 0 saturated carbocycles. The zero-order chi connectivity index (χ0) is 13.8. The van der Waals surface area contributed by atoms with Gasteiger partial charge in [-0.2, -0.15) is 9.97 Å². The summed E-state index contributed by atoms with van der Waals surface area (Å²) in [6.07, 6.45) is -0.0582. The van der Waals surface area contributed by atoms with E-state index in [1.54, 1.807) is 12.1 Å². The first kappa shape index (κ1) is 14.0. The van der Waals surface area contributed by atoms with Crippen molar-refractivity contribution in [1.82, 2.24) is 15.0 Å². The number of halogens is 2. The highest BCUT2D eigenvalue weighted by atomic mass is 79.9. The third-order valence-corrected chi connectivity index (χ3v) is 2.58. The van der Waals surface area contributed by atoms with Gasteiger partial charge >= 0.3 is 12.0 Å². The van der Waals surface area contributed by atoms with Crippen LogP contribution in [0, 0.1) is 0 Å². The minimum atomic E-state index is -0.0582. The van der Waals surface area contributed by atoms with Crippen LogP contribution < -0.4 is 9.47 Å². The standard InChI is InChI=1S/C12H11BrClN3O2/c1-7(2)18-11-15-10(14)16-12(17-11)19-9-5-3-4-8(13)6-9/h3-7H,1-2H3. The third-order valence-electron chi connectivity index (χ3n) is 1.91. The molecule has 0 aliphatic rings. The van der Waals surface area contributed by atoms with Crippen LogP contribution in [0.25, 0.3) is 0 Å². The molecule has 0 N–H and O–H groups in total. The first-order valence-electron chi connectivity index (χ1n) is 5.54. The van der Waals surface area contributed by atoms with E-state index in [-0.39, 0.29) is 23.4 Å². The second-order valence-corrected chi connectivity index (χ2v) is 5.15. The summed E-state index contributed by atoms with van der Waals surface area (Å²) in [6.45, 7) is 3.74. The molecule has 2 rings (SSSR count). The van der Waals surface area contributed by atoms with Crippen LogP contribution in [-0.2, 0) is 0 Å². The largest absolute Gasteiger partial charge is 0.461 e. The molecule has 0 spiro atoms. The van der Waals surface area contributed by atoms with E-state index in [9.17, 15) is 0 Å². The molecule has 0 radical (unpaired) electrons. The molecule has 2 aromatic rings. The quantitative estimate of drug-likeness (QED) is 0.843. The summed E-state index contributed by atoms with van der Waals surface area (Å²) in [5, 5.41) is 0.0237. The number of nitrogens with zero attached hydrogens (tertiary/aromatic N) is 3. The van der Waals surface area contributed by atoms with Crippen molar-refractivity contribution in [2.75, 3.05) is 0 Å². The summed E-state index contributed by atoms with van der Waals surface area (Å²) < 4.78 is 11.8. The summed E-state index contributed by atoms with van der Waals surface area (Å²) in [6, 6.07) is 7.54. The Hall–Kier alpha value is -1.40.